The lowest BCUT2D eigenvalue weighted by Gasteiger charge is -2.12. The van der Waals surface area contributed by atoms with Crippen LogP contribution in [0.25, 0.3) is 10.8 Å². The van der Waals surface area contributed by atoms with Crippen LogP contribution in [0.2, 0.25) is 0 Å². The van der Waals surface area contributed by atoms with Crippen molar-refractivity contribution >= 4 is 17.0 Å². The molecule has 158 valence electrons. The quantitative estimate of drug-likeness (QED) is 0.305. The number of rotatable bonds is 8. The molecular weight excluding hydrogens is 398 g/mol. The van der Waals surface area contributed by atoms with Crippen LogP contribution in [0, 0.1) is 11.3 Å². The van der Waals surface area contributed by atoms with Gasteiger partial charge >= 0.3 is 0 Å². The standard InChI is InChI=1S/C27H23N3O2/c1-31-26-12-5-3-10-23(26)17-29-30-18-25-24-11-4-2-9-22(24)13-14-27(25)32-19-21-8-6-7-20(15-21)16-28/h2-15,18,29H,17,19H2,1H3/b30-18-. The highest BCUT2D eigenvalue weighted by molar-refractivity contribution is 6.02. The van der Waals surface area contributed by atoms with Crippen molar-refractivity contribution in [2.24, 2.45) is 5.10 Å². The Balaban J connectivity index is 1.56. The third kappa shape index (κ3) is 4.88. The van der Waals surface area contributed by atoms with E-state index >= 15 is 0 Å². The van der Waals surface area contributed by atoms with Crippen LogP contribution in [-0.2, 0) is 13.2 Å². The molecule has 0 bridgehead atoms. The number of ether oxygens (including phenoxy) is 2. The highest BCUT2D eigenvalue weighted by Gasteiger charge is 2.08. The maximum atomic E-state index is 9.12. The summed E-state index contributed by atoms with van der Waals surface area (Å²) in [5.41, 5.74) is 6.58. The number of benzene rings is 4. The van der Waals surface area contributed by atoms with E-state index in [9.17, 15) is 0 Å². The Bertz CT molecular complexity index is 1290. The molecule has 4 aromatic carbocycles. The molecule has 0 heterocycles. The summed E-state index contributed by atoms with van der Waals surface area (Å²) < 4.78 is 11.5. The number of nitriles is 1. The van der Waals surface area contributed by atoms with E-state index in [1.165, 1.54) is 0 Å². The van der Waals surface area contributed by atoms with Crippen LogP contribution < -0.4 is 14.9 Å². The second-order valence-electron chi connectivity index (χ2n) is 7.20. The Labute approximate surface area is 187 Å². The Hall–Kier alpha value is -4.30. The van der Waals surface area contributed by atoms with Crippen molar-refractivity contribution in [3.63, 3.8) is 0 Å². The van der Waals surface area contributed by atoms with Crippen LogP contribution in [-0.4, -0.2) is 13.3 Å². The summed E-state index contributed by atoms with van der Waals surface area (Å²) in [7, 11) is 1.66. The summed E-state index contributed by atoms with van der Waals surface area (Å²) in [6, 6.07) is 29.6. The monoisotopic (exact) mass is 421 g/mol. The normalized spacial score (nSPS) is 10.8. The van der Waals surface area contributed by atoms with Gasteiger partial charge in [-0.05, 0) is 40.6 Å². The molecule has 5 heteroatoms. The Morgan fingerprint density at radius 1 is 0.938 bits per heavy atom. The summed E-state index contributed by atoms with van der Waals surface area (Å²) in [6.45, 7) is 0.908. The van der Waals surface area contributed by atoms with Gasteiger partial charge in [-0.1, -0.05) is 60.7 Å². The molecule has 0 aromatic heterocycles. The minimum absolute atomic E-state index is 0.364. The molecule has 0 aliphatic heterocycles. The van der Waals surface area contributed by atoms with Crippen molar-refractivity contribution in [1.82, 2.24) is 5.43 Å². The van der Waals surface area contributed by atoms with Gasteiger partial charge in [-0.3, -0.25) is 0 Å². The molecule has 0 radical (unpaired) electrons. The van der Waals surface area contributed by atoms with Gasteiger partial charge in [0, 0.05) is 11.1 Å². The molecule has 0 spiro atoms. The van der Waals surface area contributed by atoms with Gasteiger partial charge in [-0.15, -0.1) is 0 Å². The molecule has 4 rings (SSSR count). The topological polar surface area (TPSA) is 66.6 Å². The molecule has 0 fully saturated rings. The van der Waals surface area contributed by atoms with Gasteiger partial charge in [-0.25, -0.2) is 0 Å². The lowest BCUT2D eigenvalue weighted by atomic mass is 10.0. The van der Waals surface area contributed by atoms with E-state index in [1.807, 2.05) is 66.7 Å². The predicted molar refractivity (Wildman–Crippen MR) is 127 cm³/mol. The number of hydrogen-bond acceptors (Lipinski definition) is 5. The number of fused-ring (bicyclic) bond motifs is 1. The first kappa shape index (κ1) is 21.0. The SMILES string of the molecule is COc1ccccc1CN/N=C\c1c(OCc2cccc(C#N)c2)ccc2ccccc12. The zero-order valence-electron chi connectivity index (χ0n) is 17.8. The lowest BCUT2D eigenvalue weighted by Crippen LogP contribution is -2.07. The van der Waals surface area contributed by atoms with E-state index in [0.29, 0.717) is 18.7 Å². The third-order valence-electron chi connectivity index (χ3n) is 5.13. The van der Waals surface area contributed by atoms with Crippen molar-refractivity contribution in [1.29, 1.82) is 5.26 Å². The van der Waals surface area contributed by atoms with E-state index in [1.54, 1.807) is 19.4 Å². The summed E-state index contributed by atoms with van der Waals surface area (Å²) >= 11 is 0. The first-order valence-corrected chi connectivity index (χ1v) is 10.3. The van der Waals surface area contributed by atoms with Crippen LogP contribution in [0.3, 0.4) is 0 Å². The Kier molecular flexibility index (Phi) is 6.64. The van der Waals surface area contributed by atoms with Gasteiger partial charge in [0.1, 0.15) is 18.1 Å². The number of nitrogens with one attached hydrogen (secondary N) is 1. The molecule has 1 N–H and O–H groups in total. The van der Waals surface area contributed by atoms with Crippen LogP contribution >= 0.6 is 0 Å². The average Bonchev–Trinajstić information content (AvgIpc) is 2.86. The van der Waals surface area contributed by atoms with E-state index in [4.69, 9.17) is 14.7 Å². The highest BCUT2D eigenvalue weighted by atomic mass is 16.5. The molecule has 0 atom stereocenters. The van der Waals surface area contributed by atoms with Gasteiger partial charge in [0.25, 0.3) is 0 Å². The fourth-order valence-electron chi connectivity index (χ4n) is 3.52. The van der Waals surface area contributed by atoms with E-state index in [0.717, 1.165) is 39.0 Å². The van der Waals surface area contributed by atoms with E-state index < -0.39 is 0 Å². The van der Waals surface area contributed by atoms with Crippen LogP contribution in [0.15, 0.2) is 90.0 Å². The number of para-hydroxylation sites is 1. The van der Waals surface area contributed by atoms with Crippen LogP contribution in [0.5, 0.6) is 11.5 Å². The van der Waals surface area contributed by atoms with Crippen molar-refractivity contribution in [2.45, 2.75) is 13.2 Å². The highest BCUT2D eigenvalue weighted by Crippen LogP contribution is 2.27. The molecular formula is C27H23N3O2. The van der Waals surface area contributed by atoms with Crippen molar-refractivity contribution in [3.05, 3.63) is 107 Å². The van der Waals surface area contributed by atoms with E-state index in [-0.39, 0.29) is 0 Å². The fourth-order valence-corrected chi connectivity index (χ4v) is 3.52. The second kappa shape index (κ2) is 10.1. The predicted octanol–water partition coefficient (Wildman–Crippen LogP) is 5.42. The number of hydrogen-bond donors (Lipinski definition) is 1. The van der Waals surface area contributed by atoms with Crippen molar-refractivity contribution < 1.29 is 9.47 Å². The fraction of sp³-hybridized carbons (Fsp3) is 0.111. The van der Waals surface area contributed by atoms with Crippen LogP contribution in [0.4, 0.5) is 0 Å². The summed E-state index contributed by atoms with van der Waals surface area (Å²) in [5.74, 6) is 1.55. The smallest absolute Gasteiger partial charge is 0.129 e. The molecule has 0 aliphatic rings. The summed E-state index contributed by atoms with van der Waals surface area (Å²) in [5, 5.41) is 15.7. The second-order valence-corrected chi connectivity index (χ2v) is 7.20. The first-order chi connectivity index (χ1) is 15.8. The lowest BCUT2D eigenvalue weighted by molar-refractivity contribution is 0.306. The number of methoxy groups -OCH3 is 1. The number of nitrogens with zero attached hydrogens (tertiary/aromatic N) is 2. The van der Waals surface area contributed by atoms with Gasteiger partial charge in [0.2, 0.25) is 0 Å². The molecule has 4 aromatic rings. The third-order valence-corrected chi connectivity index (χ3v) is 5.13. The zero-order valence-corrected chi connectivity index (χ0v) is 17.8. The molecule has 0 amide bonds. The van der Waals surface area contributed by atoms with Crippen LogP contribution in [0.1, 0.15) is 22.3 Å². The van der Waals surface area contributed by atoms with Crippen molar-refractivity contribution in [3.8, 4) is 17.6 Å². The summed E-state index contributed by atoms with van der Waals surface area (Å²) in [6.07, 6.45) is 1.79. The average molecular weight is 422 g/mol. The molecule has 0 unspecified atom stereocenters. The molecule has 5 nitrogen and oxygen atoms in total. The van der Waals surface area contributed by atoms with Gasteiger partial charge < -0.3 is 14.9 Å². The largest absolute Gasteiger partial charge is 0.496 e. The maximum Gasteiger partial charge on any atom is 0.129 e. The Morgan fingerprint density at radius 2 is 1.78 bits per heavy atom. The van der Waals surface area contributed by atoms with E-state index in [2.05, 4.69) is 28.7 Å². The minimum Gasteiger partial charge on any atom is -0.496 e. The molecule has 0 saturated heterocycles. The van der Waals surface area contributed by atoms with Gasteiger partial charge in [-0.2, -0.15) is 10.4 Å². The van der Waals surface area contributed by atoms with Gasteiger partial charge in [0.05, 0.1) is 31.5 Å². The molecule has 0 saturated carbocycles. The minimum atomic E-state index is 0.364. The zero-order chi connectivity index (χ0) is 22.2. The first-order valence-electron chi connectivity index (χ1n) is 10.3. The molecule has 0 aliphatic carbocycles. The Morgan fingerprint density at radius 3 is 2.66 bits per heavy atom. The maximum absolute atomic E-state index is 9.12. The summed E-state index contributed by atoms with van der Waals surface area (Å²) in [4.78, 5) is 0. The number of hydrazone groups is 1. The van der Waals surface area contributed by atoms with Gasteiger partial charge in [0.15, 0.2) is 0 Å². The molecule has 32 heavy (non-hydrogen) atoms. The van der Waals surface area contributed by atoms with Crippen molar-refractivity contribution in [2.75, 3.05) is 7.11 Å².